The fourth-order valence-electron chi connectivity index (χ4n) is 8.27. The van der Waals surface area contributed by atoms with Gasteiger partial charge in [0.1, 0.15) is 0 Å². The monoisotopic (exact) mass is 735 g/mol. The molecule has 0 saturated carbocycles. The van der Waals surface area contributed by atoms with Crippen molar-refractivity contribution in [1.29, 1.82) is 0 Å². The zero-order valence-corrected chi connectivity index (χ0v) is 31.4. The molecule has 1 nitrogen and oxygen atoms in total. The van der Waals surface area contributed by atoms with E-state index in [1.807, 2.05) is 22.7 Å². The highest BCUT2D eigenvalue weighted by atomic mass is 32.1. The number of benzene rings is 9. The first kappa shape index (κ1) is 32.0. The smallest absolute Gasteiger partial charge is 0.0640 e. The van der Waals surface area contributed by atoms with E-state index in [-0.39, 0.29) is 0 Å². The third kappa shape index (κ3) is 5.43. The number of fused-ring (bicyclic) bond motifs is 7. The van der Waals surface area contributed by atoms with Crippen molar-refractivity contribution in [2.45, 2.75) is 0 Å². The van der Waals surface area contributed by atoms with Crippen molar-refractivity contribution in [2.75, 3.05) is 4.90 Å². The van der Waals surface area contributed by atoms with E-state index < -0.39 is 0 Å². The Balaban J connectivity index is 1.13. The Kier molecular flexibility index (Phi) is 7.61. The van der Waals surface area contributed by atoms with Crippen LogP contribution in [0.3, 0.4) is 0 Å². The van der Waals surface area contributed by atoms with Crippen LogP contribution in [0.25, 0.3) is 84.5 Å². The molecule has 0 radical (unpaired) electrons. The van der Waals surface area contributed by atoms with Gasteiger partial charge in [0.2, 0.25) is 0 Å². The first-order valence-corrected chi connectivity index (χ1v) is 20.3. The lowest BCUT2D eigenvalue weighted by atomic mass is 9.91. The molecule has 0 aliphatic rings. The molecule has 0 fully saturated rings. The maximum absolute atomic E-state index is 2.46. The molecule has 0 spiro atoms. The Morgan fingerprint density at radius 2 is 0.982 bits per heavy atom. The maximum Gasteiger partial charge on any atom is 0.0640 e. The minimum atomic E-state index is 1.12. The third-order valence-corrected chi connectivity index (χ3v) is 13.2. The summed E-state index contributed by atoms with van der Waals surface area (Å²) < 4.78 is 5.21. The molecular formula is C52H33NS2. The van der Waals surface area contributed by atoms with Crippen LogP contribution >= 0.6 is 22.7 Å². The number of hydrogen-bond acceptors (Lipinski definition) is 3. The van der Waals surface area contributed by atoms with Crippen LogP contribution in [0.2, 0.25) is 0 Å². The number of anilines is 3. The molecule has 2 aromatic heterocycles. The highest BCUT2D eigenvalue weighted by Crippen LogP contribution is 2.48. The Hall–Kier alpha value is -6.52. The summed E-state index contributed by atoms with van der Waals surface area (Å²) >= 11 is 3.74. The van der Waals surface area contributed by atoms with Crippen LogP contribution in [0.4, 0.5) is 17.1 Å². The Bertz CT molecular complexity index is 3210. The Morgan fingerprint density at radius 3 is 1.84 bits per heavy atom. The molecule has 2 heterocycles. The van der Waals surface area contributed by atoms with Gasteiger partial charge in [0.15, 0.2) is 0 Å². The molecule has 0 bridgehead atoms. The molecule has 0 aliphatic carbocycles. The second-order valence-electron chi connectivity index (χ2n) is 14.1. The topological polar surface area (TPSA) is 3.24 Å². The van der Waals surface area contributed by atoms with Crippen molar-refractivity contribution >= 4 is 90.9 Å². The van der Waals surface area contributed by atoms with Gasteiger partial charge in [-0.2, -0.15) is 0 Å². The molecule has 0 aliphatic heterocycles. The Morgan fingerprint density at radius 1 is 0.327 bits per heavy atom. The summed E-state index contributed by atoms with van der Waals surface area (Å²) in [6.45, 7) is 0. The van der Waals surface area contributed by atoms with E-state index in [4.69, 9.17) is 0 Å². The minimum absolute atomic E-state index is 1.12. The van der Waals surface area contributed by atoms with Crippen molar-refractivity contribution in [3.8, 4) is 33.4 Å². The largest absolute Gasteiger partial charge is 0.309 e. The minimum Gasteiger partial charge on any atom is -0.309 e. The molecule has 258 valence electrons. The van der Waals surface area contributed by atoms with Gasteiger partial charge in [-0.15, -0.1) is 22.7 Å². The molecule has 9 aromatic carbocycles. The fraction of sp³-hybridized carbons (Fsp3) is 0. The van der Waals surface area contributed by atoms with Crippen LogP contribution in [0.1, 0.15) is 0 Å². The second-order valence-corrected chi connectivity index (χ2v) is 16.2. The zero-order valence-electron chi connectivity index (χ0n) is 29.8. The van der Waals surface area contributed by atoms with Gasteiger partial charge >= 0.3 is 0 Å². The van der Waals surface area contributed by atoms with Crippen LogP contribution in [0, 0.1) is 0 Å². The lowest BCUT2D eigenvalue weighted by Gasteiger charge is -2.27. The van der Waals surface area contributed by atoms with Gasteiger partial charge in [-0.1, -0.05) is 146 Å². The predicted molar refractivity (Wildman–Crippen MR) is 241 cm³/mol. The van der Waals surface area contributed by atoms with Crippen molar-refractivity contribution in [3.63, 3.8) is 0 Å². The zero-order chi connectivity index (χ0) is 36.3. The molecule has 0 saturated heterocycles. The van der Waals surface area contributed by atoms with E-state index in [2.05, 4.69) is 205 Å². The van der Waals surface area contributed by atoms with Crippen LogP contribution in [-0.2, 0) is 0 Å². The lowest BCUT2D eigenvalue weighted by molar-refractivity contribution is 1.30. The average molecular weight is 736 g/mol. The fourth-order valence-corrected chi connectivity index (χ4v) is 10.6. The van der Waals surface area contributed by atoms with E-state index in [1.54, 1.807) is 0 Å². The summed E-state index contributed by atoms with van der Waals surface area (Å²) in [6, 6.07) is 73.5. The first-order chi connectivity index (χ1) is 27.3. The van der Waals surface area contributed by atoms with Crippen LogP contribution < -0.4 is 4.90 Å². The molecule has 0 N–H and O–H groups in total. The molecule has 3 heteroatoms. The van der Waals surface area contributed by atoms with Crippen LogP contribution in [0.15, 0.2) is 200 Å². The molecule has 0 unspecified atom stereocenters. The molecule has 11 aromatic rings. The van der Waals surface area contributed by atoms with Gasteiger partial charge in [-0.3, -0.25) is 0 Å². The van der Waals surface area contributed by atoms with Gasteiger partial charge < -0.3 is 4.90 Å². The number of nitrogens with zero attached hydrogens (tertiary/aromatic N) is 1. The van der Waals surface area contributed by atoms with Gasteiger partial charge in [-0.05, 0) is 98.8 Å². The van der Waals surface area contributed by atoms with Crippen molar-refractivity contribution < 1.29 is 0 Å². The standard InChI is InChI=1S/C52H33NS2/c1-2-13-36(14-3-1)46-33-40(30-31-41(46)43-18-11-23-50-51(43)45-17-7-9-22-49(45)54-50)53(47-20-10-19-44-42-16-6-8-21-48(42)55-52(44)47)39-28-26-35(27-29-39)38-25-24-34-12-4-5-15-37(34)32-38/h1-33H. The summed E-state index contributed by atoms with van der Waals surface area (Å²) in [4.78, 5) is 2.46. The highest BCUT2D eigenvalue weighted by molar-refractivity contribution is 7.26. The summed E-state index contributed by atoms with van der Waals surface area (Å²) in [5.41, 5.74) is 10.7. The molecule has 0 amide bonds. The Labute approximate surface area is 327 Å². The van der Waals surface area contributed by atoms with Crippen molar-refractivity contribution in [1.82, 2.24) is 0 Å². The van der Waals surface area contributed by atoms with Gasteiger partial charge in [0.05, 0.1) is 10.4 Å². The molecule has 0 atom stereocenters. The van der Waals surface area contributed by atoms with Crippen molar-refractivity contribution in [2.24, 2.45) is 0 Å². The average Bonchev–Trinajstić information content (AvgIpc) is 3.83. The summed E-state index contributed by atoms with van der Waals surface area (Å²) in [5, 5.41) is 7.72. The van der Waals surface area contributed by atoms with Gasteiger partial charge in [0.25, 0.3) is 0 Å². The van der Waals surface area contributed by atoms with E-state index in [0.29, 0.717) is 0 Å². The van der Waals surface area contributed by atoms with E-state index in [0.717, 1.165) is 11.4 Å². The van der Waals surface area contributed by atoms with E-state index in [9.17, 15) is 0 Å². The normalized spacial score (nSPS) is 11.6. The van der Waals surface area contributed by atoms with Gasteiger partial charge in [-0.25, -0.2) is 0 Å². The first-order valence-electron chi connectivity index (χ1n) is 18.7. The molecule has 11 rings (SSSR count). The summed E-state index contributed by atoms with van der Waals surface area (Å²) in [7, 11) is 0. The predicted octanol–water partition coefficient (Wildman–Crippen LogP) is 16.0. The quantitative estimate of drug-likeness (QED) is 0.164. The number of rotatable bonds is 6. The van der Waals surface area contributed by atoms with Crippen LogP contribution in [0.5, 0.6) is 0 Å². The highest BCUT2D eigenvalue weighted by Gasteiger charge is 2.21. The summed E-state index contributed by atoms with van der Waals surface area (Å²) in [5.74, 6) is 0. The maximum atomic E-state index is 2.46. The SMILES string of the molecule is c1ccc(-c2cc(N(c3ccc(-c4ccc5ccccc5c4)cc3)c3cccc4c3sc3ccccc34)ccc2-c2cccc3sc4ccccc4c23)cc1. The molecule has 55 heavy (non-hydrogen) atoms. The number of hydrogen-bond donors (Lipinski definition) is 0. The summed E-state index contributed by atoms with van der Waals surface area (Å²) in [6.07, 6.45) is 0. The third-order valence-electron chi connectivity index (χ3n) is 10.9. The molecular weight excluding hydrogens is 703 g/mol. The second kappa shape index (κ2) is 13.1. The lowest BCUT2D eigenvalue weighted by Crippen LogP contribution is -2.10. The van der Waals surface area contributed by atoms with Crippen LogP contribution in [-0.4, -0.2) is 0 Å². The van der Waals surface area contributed by atoms with E-state index in [1.165, 1.54) is 90.2 Å². The number of thiophene rings is 2. The van der Waals surface area contributed by atoms with E-state index >= 15 is 0 Å². The van der Waals surface area contributed by atoms with Gasteiger partial charge in [0, 0.05) is 47.0 Å². The van der Waals surface area contributed by atoms with Crippen molar-refractivity contribution in [3.05, 3.63) is 200 Å².